The first-order valence-corrected chi connectivity index (χ1v) is 7.88. The van der Waals surface area contributed by atoms with Crippen LogP contribution in [0.2, 0.25) is 0 Å². The van der Waals surface area contributed by atoms with Crippen LogP contribution in [-0.4, -0.2) is 33.8 Å². The van der Waals surface area contributed by atoms with Crippen LogP contribution in [0.4, 0.5) is 9.18 Å². The molecule has 0 saturated carbocycles. The van der Waals surface area contributed by atoms with Crippen LogP contribution in [0.15, 0.2) is 18.2 Å². The number of amides is 2. The lowest BCUT2D eigenvalue weighted by atomic mass is 10.1. The van der Waals surface area contributed by atoms with Gasteiger partial charge in [0.15, 0.2) is 0 Å². The van der Waals surface area contributed by atoms with Crippen LogP contribution >= 0.6 is 0 Å². The van der Waals surface area contributed by atoms with Gasteiger partial charge in [0.25, 0.3) is 0 Å². The Morgan fingerprint density at radius 3 is 2.55 bits per heavy atom. The summed E-state index contributed by atoms with van der Waals surface area (Å²) in [6, 6.07) is 4.28. The standard InChI is InChI=1S/C12H18FN3O3S/c1-9-3-4-10(7-11(9)13)8-15-12(17)14-5-6-16-20(2,18)19/h3-4,7,16H,5-6,8H2,1-2H3,(H2,14,15,17). The number of hydrogen-bond acceptors (Lipinski definition) is 3. The van der Waals surface area contributed by atoms with Gasteiger partial charge in [-0.25, -0.2) is 22.3 Å². The van der Waals surface area contributed by atoms with E-state index in [0.29, 0.717) is 11.1 Å². The Morgan fingerprint density at radius 2 is 1.95 bits per heavy atom. The third-order valence-corrected chi connectivity index (χ3v) is 3.19. The van der Waals surface area contributed by atoms with Crippen molar-refractivity contribution in [3.05, 3.63) is 35.1 Å². The maximum absolute atomic E-state index is 13.3. The van der Waals surface area contributed by atoms with Gasteiger partial charge in [0.05, 0.1) is 6.26 Å². The lowest BCUT2D eigenvalue weighted by Gasteiger charge is -2.08. The summed E-state index contributed by atoms with van der Waals surface area (Å²) in [5.74, 6) is -0.318. The molecule has 0 spiro atoms. The van der Waals surface area contributed by atoms with Crippen LogP contribution in [0, 0.1) is 12.7 Å². The molecule has 20 heavy (non-hydrogen) atoms. The number of sulfonamides is 1. The molecule has 0 heterocycles. The molecule has 0 fully saturated rings. The number of urea groups is 1. The number of aryl methyl sites for hydroxylation is 1. The molecule has 8 heteroatoms. The zero-order valence-corrected chi connectivity index (χ0v) is 12.2. The smallest absolute Gasteiger partial charge is 0.315 e. The first kappa shape index (κ1) is 16.4. The van der Waals surface area contributed by atoms with Gasteiger partial charge in [-0.15, -0.1) is 0 Å². The molecule has 112 valence electrons. The molecule has 0 bridgehead atoms. The average Bonchev–Trinajstić information content (AvgIpc) is 2.35. The second-order valence-electron chi connectivity index (χ2n) is 4.36. The van der Waals surface area contributed by atoms with Crippen molar-refractivity contribution >= 4 is 16.1 Å². The van der Waals surface area contributed by atoms with Gasteiger partial charge in [-0.1, -0.05) is 12.1 Å². The van der Waals surface area contributed by atoms with Crippen LogP contribution in [0.1, 0.15) is 11.1 Å². The predicted molar refractivity (Wildman–Crippen MR) is 74.2 cm³/mol. The maximum Gasteiger partial charge on any atom is 0.315 e. The van der Waals surface area contributed by atoms with E-state index < -0.39 is 16.1 Å². The van der Waals surface area contributed by atoms with E-state index in [-0.39, 0.29) is 25.5 Å². The minimum Gasteiger partial charge on any atom is -0.337 e. The van der Waals surface area contributed by atoms with Gasteiger partial charge in [-0.3, -0.25) is 0 Å². The topological polar surface area (TPSA) is 87.3 Å². The van der Waals surface area contributed by atoms with Crippen molar-refractivity contribution in [2.75, 3.05) is 19.3 Å². The Hall–Kier alpha value is -1.67. The quantitative estimate of drug-likeness (QED) is 0.668. The molecule has 0 aromatic heterocycles. The Kier molecular flexibility index (Phi) is 5.90. The van der Waals surface area contributed by atoms with Crippen LogP contribution < -0.4 is 15.4 Å². The molecular weight excluding hydrogens is 285 g/mol. The van der Waals surface area contributed by atoms with Gasteiger partial charge >= 0.3 is 6.03 Å². The van der Waals surface area contributed by atoms with Gasteiger partial charge in [-0.2, -0.15) is 0 Å². The summed E-state index contributed by atoms with van der Waals surface area (Å²) in [5, 5.41) is 5.03. The van der Waals surface area contributed by atoms with Crippen molar-refractivity contribution in [3.8, 4) is 0 Å². The molecule has 0 atom stereocenters. The normalized spacial score (nSPS) is 11.2. The molecule has 0 unspecified atom stereocenters. The zero-order valence-electron chi connectivity index (χ0n) is 11.4. The van der Waals surface area contributed by atoms with Crippen molar-refractivity contribution in [3.63, 3.8) is 0 Å². The summed E-state index contributed by atoms with van der Waals surface area (Å²) in [4.78, 5) is 11.4. The highest BCUT2D eigenvalue weighted by molar-refractivity contribution is 7.88. The fourth-order valence-corrected chi connectivity index (χ4v) is 1.88. The maximum atomic E-state index is 13.3. The van der Waals surface area contributed by atoms with E-state index in [1.807, 2.05) is 0 Å². The van der Waals surface area contributed by atoms with Crippen LogP contribution in [0.25, 0.3) is 0 Å². The minimum atomic E-state index is -3.25. The van der Waals surface area contributed by atoms with Gasteiger partial charge < -0.3 is 10.6 Å². The largest absolute Gasteiger partial charge is 0.337 e. The molecule has 0 aliphatic heterocycles. The van der Waals surface area contributed by atoms with E-state index >= 15 is 0 Å². The van der Waals surface area contributed by atoms with Crippen molar-refractivity contribution in [2.24, 2.45) is 0 Å². The molecule has 3 N–H and O–H groups in total. The minimum absolute atomic E-state index is 0.116. The molecule has 1 aromatic rings. The molecule has 2 amide bonds. The number of halogens is 1. The molecule has 0 radical (unpaired) electrons. The Balaban J connectivity index is 2.27. The third-order valence-electron chi connectivity index (χ3n) is 2.46. The van der Waals surface area contributed by atoms with E-state index in [1.165, 1.54) is 6.07 Å². The van der Waals surface area contributed by atoms with Crippen molar-refractivity contribution in [1.29, 1.82) is 0 Å². The number of hydrogen-bond donors (Lipinski definition) is 3. The van der Waals surface area contributed by atoms with Crippen LogP contribution in [0.3, 0.4) is 0 Å². The summed E-state index contributed by atoms with van der Waals surface area (Å²) in [5.41, 5.74) is 1.20. The summed E-state index contributed by atoms with van der Waals surface area (Å²) in [6.07, 6.45) is 1.04. The Bertz CT molecular complexity index is 575. The van der Waals surface area contributed by atoms with E-state index in [9.17, 15) is 17.6 Å². The van der Waals surface area contributed by atoms with Crippen molar-refractivity contribution in [2.45, 2.75) is 13.5 Å². The first-order chi connectivity index (χ1) is 9.28. The summed E-state index contributed by atoms with van der Waals surface area (Å²) in [6.45, 7) is 2.14. The lowest BCUT2D eigenvalue weighted by Crippen LogP contribution is -2.39. The highest BCUT2D eigenvalue weighted by atomic mass is 32.2. The monoisotopic (exact) mass is 303 g/mol. The highest BCUT2D eigenvalue weighted by Crippen LogP contribution is 2.08. The summed E-state index contributed by atoms with van der Waals surface area (Å²) >= 11 is 0. The Labute approximate surface area is 117 Å². The van der Waals surface area contributed by atoms with E-state index in [2.05, 4.69) is 15.4 Å². The SMILES string of the molecule is Cc1ccc(CNC(=O)NCCNS(C)(=O)=O)cc1F. The van der Waals surface area contributed by atoms with E-state index in [0.717, 1.165) is 6.26 Å². The average molecular weight is 303 g/mol. The molecule has 0 saturated heterocycles. The van der Waals surface area contributed by atoms with Crippen LogP contribution in [-0.2, 0) is 16.6 Å². The fraction of sp³-hybridized carbons (Fsp3) is 0.417. The second kappa shape index (κ2) is 7.20. The predicted octanol–water partition coefficient (Wildman–Crippen LogP) is 0.483. The highest BCUT2D eigenvalue weighted by Gasteiger charge is 2.03. The molecule has 1 aromatic carbocycles. The summed E-state index contributed by atoms with van der Waals surface area (Å²) in [7, 11) is -3.25. The molecule has 6 nitrogen and oxygen atoms in total. The molecule has 1 rings (SSSR count). The molecule has 0 aliphatic carbocycles. The van der Waals surface area contributed by atoms with Crippen molar-refractivity contribution < 1.29 is 17.6 Å². The lowest BCUT2D eigenvalue weighted by molar-refractivity contribution is 0.240. The van der Waals surface area contributed by atoms with E-state index in [4.69, 9.17) is 0 Å². The zero-order chi connectivity index (χ0) is 15.2. The fourth-order valence-electron chi connectivity index (χ4n) is 1.40. The van der Waals surface area contributed by atoms with Crippen molar-refractivity contribution in [1.82, 2.24) is 15.4 Å². The van der Waals surface area contributed by atoms with Gasteiger partial charge in [0.1, 0.15) is 5.82 Å². The van der Waals surface area contributed by atoms with Gasteiger partial charge in [0.2, 0.25) is 10.0 Å². The third kappa shape index (κ3) is 6.48. The van der Waals surface area contributed by atoms with Gasteiger partial charge in [-0.05, 0) is 24.1 Å². The van der Waals surface area contributed by atoms with E-state index in [1.54, 1.807) is 19.1 Å². The number of carbonyl (C=O) groups is 1. The molecular formula is C12H18FN3O3S. The second-order valence-corrected chi connectivity index (χ2v) is 6.19. The van der Waals surface area contributed by atoms with Gasteiger partial charge in [0, 0.05) is 19.6 Å². The van der Waals surface area contributed by atoms with Crippen LogP contribution in [0.5, 0.6) is 0 Å². The number of nitrogens with one attached hydrogen (secondary N) is 3. The first-order valence-electron chi connectivity index (χ1n) is 5.99. The Morgan fingerprint density at radius 1 is 1.25 bits per heavy atom. The summed E-state index contributed by atoms with van der Waals surface area (Å²) < 4.78 is 37.1. The molecule has 0 aliphatic rings. The number of benzene rings is 1. The number of carbonyl (C=O) groups excluding carboxylic acids is 1. The number of rotatable bonds is 6.